The second kappa shape index (κ2) is 32.4. The van der Waals surface area contributed by atoms with Gasteiger partial charge in [-0.15, -0.1) is 0 Å². The summed E-state index contributed by atoms with van der Waals surface area (Å²) in [6.07, 6.45) is 2.92. The predicted molar refractivity (Wildman–Crippen MR) is 228 cm³/mol. The van der Waals surface area contributed by atoms with Crippen LogP contribution in [-0.4, -0.2) is 95.6 Å². The van der Waals surface area contributed by atoms with E-state index in [1.165, 1.54) is 0 Å². The zero-order valence-electron chi connectivity index (χ0n) is 27.1. The van der Waals surface area contributed by atoms with Gasteiger partial charge in [0.2, 0.25) is 8.32 Å². The molecule has 0 aromatic carbocycles. The van der Waals surface area contributed by atoms with E-state index in [9.17, 15) is 4.79 Å². The molecule has 0 aromatic heterocycles. The molecular weight excluding hydrogens is 697 g/mol. The van der Waals surface area contributed by atoms with Crippen molar-refractivity contribution in [3.05, 3.63) is 0 Å². The van der Waals surface area contributed by atoms with Crippen LogP contribution in [0.2, 0.25) is 83.6 Å². The van der Waals surface area contributed by atoms with Crippen LogP contribution in [0.1, 0.15) is 92.0 Å². The lowest BCUT2D eigenvalue weighted by atomic mass is 10.3. The summed E-state index contributed by atoms with van der Waals surface area (Å²) in [5, 5.41) is 8.84. The molecule has 0 saturated carbocycles. The second-order valence-electron chi connectivity index (χ2n) is 12.7. The molecule has 0 aliphatic carbocycles. The van der Waals surface area contributed by atoms with Gasteiger partial charge >= 0.3 is 31.7 Å². The Balaban J connectivity index is -0.000000258. The summed E-state index contributed by atoms with van der Waals surface area (Å²) in [4.78, 5) is 10.8. The molecule has 0 aliphatic heterocycles. The van der Waals surface area contributed by atoms with E-state index in [-0.39, 0.29) is 65.8 Å². The molecule has 1 N–H and O–H groups in total. The monoisotopic (exact) mass is 789 g/mol. The topological polar surface area (TPSA) is 102 Å². The Hall–Kier alpha value is 0.491. The number of hydrogen-bond donors (Lipinski definition) is 1. The third-order valence-electron chi connectivity index (χ3n) is 5.97. The van der Waals surface area contributed by atoms with Gasteiger partial charge in [-0.05, 0) is 103 Å². The van der Waals surface area contributed by atoms with Crippen LogP contribution in [0.15, 0.2) is 0 Å². The largest absolute Gasteiger partial charge is 0.481 e. The van der Waals surface area contributed by atoms with Crippen molar-refractivity contribution in [2.24, 2.45) is 0 Å². The molecule has 0 spiro atoms. The number of ether oxygens (including phenoxy) is 2. The van der Waals surface area contributed by atoms with Crippen molar-refractivity contribution in [2.75, 3.05) is 33.2 Å². The second-order valence-corrected chi connectivity index (χ2v) is 34.9. The van der Waals surface area contributed by atoms with Crippen molar-refractivity contribution >= 4 is 57.3 Å². The maximum absolute atomic E-state index is 10.8. The summed E-state index contributed by atoms with van der Waals surface area (Å²) in [5.74, 6) is -0.795. The van der Waals surface area contributed by atoms with Crippen molar-refractivity contribution in [1.82, 2.24) is 0 Å². The lowest BCUT2D eigenvalue weighted by Crippen LogP contribution is -2.59. The molecule has 0 heterocycles. The zero-order chi connectivity index (χ0) is 30.4. The Morgan fingerprint density at radius 3 is 1.57 bits per heavy atom. The molecule has 298 valence electrons. The lowest BCUT2D eigenvalue weighted by molar-refractivity contribution is -0.137. The fraction of sp³-hybridized carbons (Fsp3) is 0.969. The summed E-state index contributed by atoms with van der Waals surface area (Å²) < 4.78 is 45.0. The molecule has 15 heteroatoms. The molecule has 9 nitrogen and oxygen atoms in total. The van der Waals surface area contributed by atoms with E-state index < -0.39 is 57.3 Å². The van der Waals surface area contributed by atoms with E-state index in [1.54, 1.807) is 7.11 Å². The minimum Gasteiger partial charge on any atom is -0.481 e. The molecule has 0 rings (SSSR count). The lowest BCUT2D eigenvalue weighted by Gasteiger charge is -2.43. The Morgan fingerprint density at radius 1 is 0.681 bits per heavy atom. The van der Waals surface area contributed by atoms with E-state index in [0.29, 0.717) is 32.5 Å². The molecule has 0 bridgehead atoms. The summed E-state index contributed by atoms with van der Waals surface area (Å²) in [6, 6.07) is 2.59. The van der Waals surface area contributed by atoms with E-state index in [0.717, 1.165) is 31.0 Å². The number of hydrogen-bond acceptors (Lipinski definition) is 8. The third-order valence-corrected chi connectivity index (χ3v) is 27.5. The summed E-state index contributed by atoms with van der Waals surface area (Å²) in [5.41, 5.74) is 0. The highest BCUT2D eigenvalue weighted by atomic mass is 28.5. The van der Waals surface area contributed by atoms with Gasteiger partial charge in [0.15, 0.2) is 17.4 Å². The SMILES string of the molecule is C.C.C.C.C.C.C.C.CC[Si](C)(CO[Si](C)(CCCOC)O[Si](C)(CCCOCCCC(=O)O)O[Si](C)(C)O[Si](C)(C)C)O[SiH](C)C. The van der Waals surface area contributed by atoms with Gasteiger partial charge in [-0.2, -0.15) is 0 Å². The van der Waals surface area contributed by atoms with E-state index in [2.05, 4.69) is 72.4 Å². The average molecular weight is 790 g/mol. The summed E-state index contributed by atoms with van der Waals surface area (Å²) in [7, 11) is -11.1. The quantitative estimate of drug-likeness (QED) is 0.0756. The van der Waals surface area contributed by atoms with Crippen molar-refractivity contribution in [3.63, 3.8) is 0 Å². The van der Waals surface area contributed by atoms with Crippen LogP contribution in [0.5, 0.6) is 0 Å². The highest BCUT2D eigenvalue weighted by molar-refractivity contribution is 6.89. The first-order valence-electron chi connectivity index (χ1n) is 14.5. The Kier molecular flexibility index (Phi) is 47.8. The van der Waals surface area contributed by atoms with Crippen LogP contribution in [0.3, 0.4) is 0 Å². The Morgan fingerprint density at radius 2 is 1.15 bits per heavy atom. The Bertz CT molecular complexity index is 702. The van der Waals surface area contributed by atoms with E-state index in [4.69, 9.17) is 35.5 Å². The van der Waals surface area contributed by atoms with Crippen LogP contribution in [0.25, 0.3) is 0 Å². The first kappa shape index (κ1) is 69.3. The maximum atomic E-state index is 10.8. The van der Waals surface area contributed by atoms with Gasteiger partial charge in [0.05, 0.1) is 6.23 Å². The van der Waals surface area contributed by atoms with Crippen molar-refractivity contribution in [1.29, 1.82) is 0 Å². The van der Waals surface area contributed by atoms with Crippen LogP contribution in [-0.2, 0) is 35.2 Å². The molecule has 0 saturated heterocycles. The normalized spacial score (nSPS) is 14.6. The van der Waals surface area contributed by atoms with Crippen LogP contribution >= 0.6 is 0 Å². The molecule has 47 heavy (non-hydrogen) atoms. The van der Waals surface area contributed by atoms with E-state index >= 15 is 0 Å². The van der Waals surface area contributed by atoms with Gasteiger partial charge in [0.25, 0.3) is 0 Å². The summed E-state index contributed by atoms with van der Waals surface area (Å²) in [6.45, 7) is 25.7. The van der Waals surface area contributed by atoms with Gasteiger partial charge in [0.1, 0.15) is 0 Å². The van der Waals surface area contributed by atoms with Gasteiger partial charge in [0, 0.05) is 33.4 Å². The predicted octanol–water partition coefficient (Wildman–Crippen LogP) is 11.3. The van der Waals surface area contributed by atoms with Gasteiger partial charge in [-0.1, -0.05) is 66.3 Å². The number of aliphatic carboxylic acids is 1. The minimum atomic E-state index is -2.74. The highest BCUT2D eigenvalue weighted by Crippen LogP contribution is 2.31. The zero-order valence-corrected chi connectivity index (χ0v) is 33.2. The van der Waals surface area contributed by atoms with Crippen LogP contribution in [0, 0.1) is 0 Å². The minimum absolute atomic E-state index is 0. The number of methoxy groups -OCH3 is 1. The first-order chi connectivity index (χ1) is 17.8. The molecule has 3 unspecified atom stereocenters. The van der Waals surface area contributed by atoms with Crippen molar-refractivity contribution in [2.45, 2.75) is 176 Å². The highest BCUT2D eigenvalue weighted by Gasteiger charge is 2.48. The standard InChI is InChI=1S/C24H60O9Si6.8CH4/c1-13-37(10,30-34(3)4)23-29-38(11,21-15-18-27-2)33-39(12,32-36(8,9)31-35(5,6)7)22-16-20-28-19-14-17-24(25)26;;;;;;;;/h34H,13-23H2,1-12H3,(H,25,26);8*1H4. The van der Waals surface area contributed by atoms with Crippen LogP contribution in [0.4, 0.5) is 0 Å². The fourth-order valence-corrected chi connectivity index (χ4v) is 30.7. The fourth-order valence-electron chi connectivity index (χ4n) is 4.56. The number of carbonyl (C=O) groups is 1. The molecule has 0 aliphatic rings. The number of rotatable bonds is 24. The van der Waals surface area contributed by atoms with Crippen molar-refractivity contribution < 1.29 is 40.3 Å². The number of carboxylic acid groups (broad SMARTS) is 1. The van der Waals surface area contributed by atoms with Gasteiger partial charge in [-0.25, -0.2) is 0 Å². The smallest absolute Gasteiger partial charge is 0.326 e. The molecule has 0 aromatic rings. The summed E-state index contributed by atoms with van der Waals surface area (Å²) >= 11 is 0. The number of carboxylic acids is 1. The molecular formula is C32H92O9Si6. The molecule has 0 amide bonds. The van der Waals surface area contributed by atoms with Gasteiger partial charge in [-0.3, -0.25) is 4.79 Å². The average Bonchev–Trinajstić information content (AvgIpc) is 2.74. The third kappa shape index (κ3) is 36.1. The van der Waals surface area contributed by atoms with E-state index in [1.807, 2.05) is 0 Å². The first-order valence-corrected chi connectivity index (χ1v) is 31.4. The molecule has 0 radical (unpaired) electrons. The Labute approximate surface area is 305 Å². The molecule has 3 atom stereocenters. The van der Waals surface area contributed by atoms with Gasteiger partial charge < -0.3 is 35.5 Å². The van der Waals surface area contributed by atoms with Crippen LogP contribution < -0.4 is 0 Å². The molecule has 0 fully saturated rings. The maximum Gasteiger partial charge on any atom is 0.326 e. The van der Waals surface area contributed by atoms with Crippen molar-refractivity contribution in [3.8, 4) is 0 Å².